The first-order valence-electron chi connectivity index (χ1n) is 7.95. The molecular weight excluding hydrogens is 306 g/mol. The Balaban J connectivity index is 2.29. The first-order chi connectivity index (χ1) is 11.2. The van der Waals surface area contributed by atoms with Crippen molar-refractivity contribution < 1.29 is 14.0 Å². The number of ketones is 1. The molecule has 1 amide bonds. The summed E-state index contributed by atoms with van der Waals surface area (Å²) in [5, 5.41) is 7.95. The van der Waals surface area contributed by atoms with Gasteiger partial charge in [0.05, 0.1) is 5.41 Å². The lowest BCUT2D eigenvalue weighted by Crippen LogP contribution is -2.27. The van der Waals surface area contributed by atoms with Gasteiger partial charge in [0.2, 0.25) is 17.6 Å². The third kappa shape index (κ3) is 3.69. The molecule has 1 heterocycles. The molecule has 0 spiro atoms. The topological polar surface area (TPSA) is 99.1 Å². The molecule has 1 aromatic carbocycles. The molecule has 0 aliphatic carbocycles. The third-order valence-corrected chi connectivity index (χ3v) is 4.23. The molecule has 6 nitrogen and oxygen atoms in total. The second-order valence-corrected chi connectivity index (χ2v) is 6.79. The van der Waals surface area contributed by atoms with E-state index in [1.54, 1.807) is 0 Å². The molecule has 0 radical (unpaired) electrons. The maximum Gasteiger partial charge on any atom is 0.284 e. The summed E-state index contributed by atoms with van der Waals surface area (Å²) in [4.78, 5) is 23.8. The molecule has 0 unspecified atom stereocenters. The zero-order valence-electron chi connectivity index (χ0n) is 14.4. The van der Waals surface area contributed by atoms with E-state index in [2.05, 4.69) is 10.2 Å². The predicted octanol–water partition coefficient (Wildman–Crippen LogP) is 2.73. The van der Waals surface area contributed by atoms with Crippen molar-refractivity contribution >= 4 is 11.7 Å². The molecule has 0 saturated carbocycles. The van der Waals surface area contributed by atoms with Crippen LogP contribution in [0.25, 0.3) is 0 Å². The van der Waals surface area contributed by atoms with Crippen molar-refractivity contribution in [1.82, 2.24) is 10.2 Å². The molecule has 128 valence electrons. The Kier molecular flexibility index (Phi) is 5.17. The van der Waals surface area contributed by atoms with Gasteiger partial charge in [-0.15, -0.1) is 10.2 Å². The minimum absolute atomic E-state index is 0.0315. The van der Waals surface area contributed by atoms with Crippen molar-refractivity contribution in [3.8, 4) is 0 Å². The molecule has 2 rings (SSSR count). The van der Waals surface area contributed by atoms with Gasteiger partial charge in [-0.1, -0.05) is 44.2 Å². The zero-order valence-corrected chi connectivity index (χ0v) is 14.4. The highest BCUT2D eigenvalue weighted by Gasteiger charge is 2.33. The molecule has 2 N–H and O–H groups in total. The highest BCUT2D eigenvalue weighted by atomic mass is 16.4. The van der Waals surface area contributed by atoms with Crippen molar-refractivity contribution in [3.63, 3.8) is 0 Å². The van der Waals surface area contributed by atoms with Crippen LogP contribution in [0.1, 0.15) is 56.3 Å². The first-order valence-corrected chi connectivity index (χ1v) is 7.95. The fourth-order valence-corrected chi connectivity index (χ4v) is 2.56. The maximum absolute atomic E-state index is 12.6. The van der Waals surface area contributed by atoms with E-state index >= 15 is 0 Å². The summed E-state index contributed by atoms with van der Waals surface area (Å²) >= 11 is 0. The van der Waals surface area contributed by atoms with Gasteiger partial charge in [-0.3, -0.25) is 9.59 Å². The third-order valence-electron chi connectivity index (χ3n) is 4.23. The number of amides is 1. The predicted molar refractivity (Wildman–Crippen MR) is 89.3 cm³/mol. The van der Waals surface area contributed by atoms with Crippen LogP contribution in [-0.2, 0) is 10.2 Å². The Hall–Kier alpha value is -2.50. The average Bonchev–Trinajstić information content (AvgIpc) is 3.03. The molecule has 0 aliphatic heterocycles. The molecule has 0 bridgehead atoms. The zero-order chi connectivity index (χ0) is 17.9. The van der Waals surface area contributed by atoms with Crippen LogP contribution in [0.3, 0.4) is 0 Å². The van der Waals surface area contributed by atoms with E-state index < -0.39 is 17.2 Å². The van der Waals surface area contributed by atoms with Gasteiger partial charge in [0.15, 0.2) is 0 Å². The highest BCUT2D eigenvalue weighted by molar-refractivity contribution is 5.96. The Labute approximate surface area is 141 Å². The lowest BCUT2D eigenvalue weighted by molar-refractivity contribution is -0.118. The van der Waals surface area contributed by atoms with Gasteiger partial charge < -0.3 is 10.2 Å². The van der Waals surface area contributed by atoms with Crippen LogP contribution in [0.15, 0.2) is 34.7 Å². The summed E-state index contributed by atoms with van der Waals surface area (Å²) in [6.45, 7) is 7.62. The molecule has 1 atom stereocenters. The van der Waals surface area contributed by atoms with E-state index in [4.69, 9.17) is 10.2 Å². The second-order valence-electron chi connectivity index (χ2n) is 6.79. The summed E-state index contributed by atoms with van der Waals surface area (Å²) < 4.78 is 5.65. The Morgan fingerprint density at radius 2 is 1.79 bits per heavy atom. The van der Waals surface area contributed by atoms with Gasteiger partial charge in [0, 0.05) is 12.3 Å². The standard InChI is InChI=1S/C18H23N3O3/c1-11(2)13(10-14(19)22)15(23)16-20-21-17(24-16)18(3,4)12-8-6-5-7-9-12/h5-9,11,13H,10H2,1-4H3,(H2,19,22)/t13-/m1/s1. The summed E-state index contributed by atoms with van der Waals surface area (Å²) in [6, 6.07) is 9.73. The maximum atomic E-state index is 12.6. The van der Waals surface area contributed by atoms with Crippen LogP contribution in [0, 0.1) is 11.8 Å². The smallest absolute Gasteiger partial charge is 0.284 e. The van der Waals surface area contributed by atoms with E-state index in [1.165, 1.54) is 0 Å². The van der Waals surface area contributed by atoms with Gasteiger partial charge in [-0.05, 0) is 25.3 Å². The number of carbonyl (C=O) groups is 2. The van der Waals surface area contributed by atoms with Crippen molar-refractivity contribution in [3.05, 3.63) is 47.7 Å². The van der Waals surface area contributed by atoms with Crippen molar-refractivity contribution in [2.75, 3.05) is 0 Å². The molecule has 6 heteroatoms. The van der Waals surface area contributed by atoms with Crippen LogP contribution in [0.5, 0.6) is 0 Å². The molecular formula is C18H23N3O3. The number of hydrogen-bond acceptors (Lipinski definition) is 5. The Bertz CT molecular complexity index is 720. The van der Waals surface area contributed by atoms with Gasteiger partial charge in [0.1, 0.15) is 0 Å². The largest absolute Gasteiger partial charge is 0.417 e. The van der Waals surface area contributed by atoms with E-state index in [-0.39, 0.29) is 24.0 Å². The van der Waals surface area contributed by atoms with E-state index in [9.17, 15) is 9.59 Å². The Morgan fingerprint density at radius 1 is 1.17 bits per heavy atom. The number of Topliss-reactive ketones (excluding diaryl/α,β-unsaturated/α-hetero) is 1. The number of nitrogens with zero attached hydrogens (tertiary/aromatic N) is 2. The van der Waals surface area contributed by atoms with Crippen LogP contribution in [-0.4, -0.2) is 21.9 Å². The normalized spacial score (nSPS) is 13.0. The highest BCUT2D eigenvalue weighted by Crippen LogP contribution is 2.31. The fourth-order valence-electron chi connectivity index (χ4n) is 2.56. The number of rotatable bonds is 7. The lowest BCUT2D eigenvalue weighted by atomic mass is 9.84. The molecule has 0 aliphatic rings. The SMILES string of the molecule is CC(C)[C@@H](CC(N)=O)C(=O)c1nnc(C(C)(C)c2ccccc2)o1. The van der Waals surface area contributed by atoms with E-state index in [0.717, 1.165) is 5.56 Å². The summed E-state index contributed by atoms with van der Waals surface area (Å²) in [5.41, 5.74) is 5.72. The van der Waals surface area contributed by atoms with Gasteiger partial charge in [-0.2, -0.15) is 0 Å². The summed E-state index contributed by atoms with van der Waals surface area (Å²) in [5.74, 6) is -1.19. The fraction of sp³-hybridized carbons (Fsp3) is 0.444. The van der Waals surface area contributed by atoms with E-state index in [0.29, 0.717) is 5.89 Å². The minimum Gasteiger partial charge on any atom is -0.417 e. The van der Waals surface area contributed by atoms with Crippen molar-refractivity contribution in [2.45, 2.75) is 39.5 Å². The number of nitrogens with two attached hydrogens (primary N) is 1. The average molecular weight is 329 g/mol. The lowest BCUT2D eigenvalue weighted by Gasteiger charge is -2.20. The van der Waals surface area contributed by atoms with Crippen LogP contribution in [0.4, 0.5) is 0 Å². The number of benzene rings is 1. The molecule has 2 aromatic rings. The van der Waals surface area contributed by atoms with Gasteiger partial charge >= 0.3 is 0 Å². The molecule has 0 saturated heterocycles. The van der Waals surface area contributed by atoms with Crippen LogP contribution < -0.4 is 5.73 Å². The van der Waals surface area contributed by atoms with Crippen molar-refractivity contribution in [1.29, 1.82) is 0 Å². The van der Waals surface area contributed by atoms with Crippen LogP contribution >= 0.6 is 0 Å². The van der Waals surface area contributed by atoms with Crippen molar-refractivity contribution in [2.24, 2.45) is 17.6 Å². The Morgan fingerprint density at radius 3 is 2.33 bits per heavy atom. The number of hydrogen-bond donors (Lipinski definition) is 1. The van der Waals surface area contributed by atoms with Crippen LogP contribution in [0.2, 0.25) is 0 Å². The quantitative estimate of drug-likeness (QED) is 0.787. The second kappa shape index (κ2) is 6.95. The monoisotopic (exact) mass is 329 g/mol. The number of primary amides is 1. The van der Waals surface area contributed by atoms with Gasteiger partial charge in [-0.25, -0.2) is 0 Å². The molecule has 0 fully saturated rings. The summed E-state index contributed by atoms with van der Waals surface area (Å²) in [6.07, 6.45) is -0.0315. The number of carbonyl (C=O) groups excluding carboxylic acids is 2. The minimum atomic E-state index is -0.560. The number of aromatic nitrogens is 2. The van der Waals surface area contributed by atoms with E-state index in [1.807, 2.05) is 58.0 Å². The first kappa shape index (κ1) is 17.8. The van der Waals surface area contributed by atoms with Gasteiger partial charge in [0.25, 0.3) is 5.89 Å². The molecule has 1 aromatic heterocycles. The summed E-state index contributed by atoms with van der Waals surface area (Å²) in [7, 11) is 0. The molecule has 24 heavy (non-hydrogen) atoms.